The Hall–Kier alpha value is -2.54. The Kier molecular flexibility index (Phi) is 4.20. The summed E-state index contributed by atoms with van der Waals surface area (Å²) in [6, 6.07) is 11.2. The van der Waals surface area contributed by atoms with E-state index in [1.807, 2.05) is 57.2 Å². The van der Waals surface area contributed by atoms with Gasteiger partial charge in [0.2, 0.25) is 0 Å². The smallest absolute Gasteiger partial charge is 0.252 e. The van der Waals surface area contributed by atoms with Crippen LogP contribution in [0.3, 0.4) is 0 Å². The van der Waals surface area contributed by atoms with E-state index in [-0.39, 0.29) is 11.9 Å². The highest BCUT2D eigenvalue weighted by molar-refractivity contribution is 7.12. The van der Waals surface area contributed by atoms with Crippen LogP contribution in [-0.4, -0.2) is 26.1 Å². The Balaban J connectivity index is 1.82. The molecule has 0 aliphatic rings. The Bertz CT molecular complexity index is 824. The number of carbonyl (C=O) groups excluding carboxylic acids is 1. The lowest BCUT2D eigenvalue weighted by atomic mass is 10.2. The number of hydrogen-bond acceptors (Lipinski definition) is 5. The minimum absolute atomic E-state index is 0.109. The molecule has 0 fully saturated rings. The molecule has 1 atom stereocenters. The second-order valence-electron chi connectivity index (χ2n) is 5.31. The highest BCUT2D eigenvalue weighted by Crippen LogP contribution is 2.21. The van der Waals surface area contributed by atoms with Gasteiger partial charge in [0.1, 0.15) is 0 Å². The third-order valence-electron chi connectivity index (χ3n) is 3.51. The summed E-state index contributed by atoms with van der Waals surface area (Å²) in [7, 11) is 0. The van der Waals surface area contributed by atoms with Gasteiger partial charge in [-0.3, -0.25) is 4.79 Å². The van der Waals surface area contributed by atoms with E-state index in [2.05, 4.69) is 20.8 Å². The van der Waals surface area contributed by atoms with Crippen molar-refractivity contribution < 1.29 is 4.79 Å². The fourth-order valence-corrected chi connectivity index (χ4v) is 3.33. The van der Waals surface area contributed by atoms with Gasteiger partial charge in [0.15, 0.2) is 5.82 Å². The summed E-state index contributed by atoms with van der Waals surface area (Å²) in [5.41, 5.74) is 1.56. The zero-order chi connectivity index (χ0) is 16.4. The molecule has 118 valence electrons. The van der Waals surface area contributed by atoms with Gasteiger partial charge in [0.05, 0.1) is 17.3 Å². The van der Waals surface area contributed by atoms with E-state index >= 15 is 0 Å². The molecular weight excluding hydrogens is 310 g/mol. The van der Waals surface area contributed by atoms with Crippen LogP contribution in [-0.2, 0) is 0 Å². The molecule has 3 aromatic rings. The van der Waals surface area contributed by atoms with Gasteiger partial charge in [-0.15, -0.1) is 16.4 Å². The summed E-state index contributed by atoms with van der Waals surface area (Å²) in [5, 5.41) is 14.8. The average molecular weight is 327 g/mol. The Labute approximate surface area is 138 Å². The van der Waals surface area contributed by atoms with Gasteiger partial charge in [-0.2, -0.15) is 4.68 Å². The summed E-state index contributed by atoms with van der Waals surface area (Å²) in [6.45, 7) is 5.82. The largest absolute Gasteiger partial charge is 0.342 e. The fraction of sp³-hybridized carbons (Fsp3) is 0.250. The van der Waals surface area contributed by atoms with E-state index in [9.17, 15) is 4.79 Å². The van der Waals surface area contributed by atoms with Crippen LogP contribution in [0.25, 0.3) is 5.69 Å². The van der Waals surface area contributed by atoms with Crippen LogP contribution in [0.4, 0.5) is 0 Å². The lowest BCUT2D eigenvalue weighted by Crippen LogP contribution is -2.28. The molecule has 0 unspecified atom stereocenters. The molecule has 2 heterocycles. The topological polar surface area (TPSA) is 72.7 Å². The van der Waals surface area contributed by atoms with E-state index in [1.54, 1.807) is 16.0 Å². The summed E-state index contributed by atoms with van der Waals surface area (Å²) in [5.74, 6) is 0.483. The highest BCUT2D eigenvalue weighted by Gasteiger charge is 2.20. The van der Waals surface area contributed by atoms with Crippen molar-refractivity contribution in [2.24, 2.45) is 0 Å². The van der Waals surface area contributed by atoms with Crippen LogP contribution in [0.1, 0.15) is 38.9 Å². The number of nitrogens with one attached hydrogen (secondary N) is 1. The first-order valence-corrected chi connectivity index (χ1v) is 8.09. The van der Waals surface area contributed by atoms with Gasteiger partial charge in [-0.1, -0.05) is 18.2 Å². The number of aryl methyl sites for hydroxylation is 2. The summed E-state index contributed by atoms with van der Waals surface area (Å²) >= 11 is 1.62. The quantitative estimate of drug-likeness (QED) is 0.800. The zero-order valence-electron chi connectivity index (χ0n) is 13.1. The van der Waals surface area contributed by atoms with E-state index < -0.39 is 0 Å². The van der Waals surface area contributed by atoms with Gasteiger partial charge >= 0.3 is 0 Å². The second kappa shape index (κ2) is 6.29. The minimum Gasteiger partial charge on any atom is -0.342 e. The molecule has 0 spiro atoms. The van der Waals surface area contributed by atoms with Crippen molar-refractivity contribution in [1.82, 2.24) is 25.5 Å². The molecule has 0 saturated heterocycles. The molecule has 3 rings (SSSR count). The van der Waals surface area contributed by atoms with E-state index in [1.165, 1.54) is 0 Å². The normalized spacial score (nSPS) is 12.1. The Morgan fingerprint density at radius 3 is 2.65 bits per heavy atom. The monoisotopic (exact) mass is 327 g/mol. The van der Waals surface area contributed by atoms with Crippen molar-refractivity contribution in [3.05, 3.63) is 57.5 Å². The van der Waals surface area contributed by atoms with Crippen molar-refractivity contribution in [2.75, 3.05) is 0 Å². The van der Waals surface area contributed by atoms with Crippen LogP contribution in [0.15, 0.2) is 36.4 Å². The number of thiophene rings is 1. The van der Waals surface area contributed by atoms with Gasteiger partial charge in [-0.05, 0) is 49.4 Å². The third kappa shape index (κ3) is 3.14. The molecule has 1 N–H and O–H groups in total. The number of carbonyl (C=O) groups is 1. The first-order chi connectivity index (χ1) is 11.1. The molecule has 7 heteroatoms. The van der Waals surface area contributed by atoms with Crippen LogP contribution in [0.2, 0.25) is 0 Å². The van der Waals surface area contributed by atoms with E-state index in [0.29, 0.717) is 11.4 Å². The number of amides is 1. The number of aromatic nitrogens is 4. The molecule has 0 saturated carbocycles. The van der Waals surface area contributed by atoms with Gasteiger partial charge in [0, 0.05) is 9.75 Å². The van der Waals surface area contributed by atoms with Gasteiger partial charge in [0.25, 0.3) is 5.91 Å². The summed E-state index contributed by atoms with van der Waals surface area (Å²) < 4.78 is 1.64. The molecule has 6 nitrogen and oxygen atoms in total. The molecule has 0 aliphatic heterocycles. The van der Waals surface area contributed by atoms with Gasteiger partial charge in [-0.25, -0.2) is 0 Å². The van der Waals surface area contributed by atoms with Crippen LogP contribution in [0, 0.1) is 13.8 Å². The number of hydrogen-bond donors (Lipinski definition) is 1. The molecule has 23 heavy (non-hydrogen) atoms. The lowest BCUT2D eigenvalue weighted by Gasteiger charge is -2.13. The van der Waals surface area contributed by atoms with Crippen LogP contribution >= 0.6 is 11.3 Å². The van der Waals surface area contributed by atoms with E-state index in [4.69, 9.17) is 0 Å². The fourth-order valence-electron chi connectivity index (χ4n) is 2.41. The third-order valence-corrected chi connectivity index (χ3v) is 4.48. The number of benzene rings is 1. The second-order valence-corrected chi connectivity index (χ2v) is 6.77. The molecule has 0 radical (unpaired) electrons. The summed E-state index contributed by atoms with van der Waals surface area (Å²) in [6.07, 6.45) is 0. The van der Waals surface area contributed by atoms with Crippen molar-refractivity contribution in [3.63, 3.8) is 0 Å². The number of para-hydroxylation sites is 1. The molecule has 2 aromatic heterocycles. The van der Waals surface area contributed by atoms with Crippen molar-refractivity contribution in [3.8, 4) is 5.69 Å². The van der Waals surface area contributed by atoms with E-state index in [0.717, 1.165) is 15.4 Å². The predicted molar refractivity (Wildman–Crippen MR) is 88.8 cm³/mol. The Morgan fingerprint density at radius 2 is 2.00 bits per heavy atom. The maximum atomic E-state index is 12.4. The van der Waals surface area contributed by atoms with Crippen LogP contribution in [0.5, 0.6) is 0 Å². The first kappa shape index (κ1) is 15.4. The highest BCUT2D eigenvalue weighted by atomic mass is 32.1. The van der Waals surface area contributed by atoms with Gasteiger partial charge < -0.3 is 5.32 Å². The molecule has 0 aliphatic carbocycles. The molecule has 0 bridgehead atoms. The molecule has 1 aromatic carbocycles. The zero-order valence-corrected chi connectivity index (χ0v) is 14.0. The molecule has 1 amide bonds. The maximum absolute atomic E-state index is 12.4. The first-order valence-electron chi connectivity index (χ1n) is 7.28. The number of tetrazole rings is 1. The molecular formula is C16H17N5OS. The standard InChI is InChI=1S/C16H17N5OS/c1-10-9-14(12(3)23-10)16(22)17-11(2)15-18-19-20-21(15)13-7-5-4-6-8-13/h4-9,11H,1-3H3,(H,17,22)/t11-/m0/s1. The average Bonchev–Trinajstić information content (AvgIpc) is 3.14. The minimum atomic E-state index is -0.308. The van der Waals surface area contributed by atoms with Crippen molar-refractivity contribution in [1.29, 1.82) is 0 Å². The Morgan fingerprint density at radius 1 is 1.26 bits per heavy atom. The number of rotatable bonds is 4. The maximum Gasteiger partial charge on any atom is 0.252 e. The predicted octanol–water partition coefficient (Wildman–Crippen LogP) is 2.83. The number of nitrogens with zero attached hydrogens (tertiary/aromatic N) is 4. The van der Waals surface area contributed by atoms with Crippen molar-refractivity contribution in [2.45, 2.75) is 26.8 Å². The summed E-state index contributed by atoms with van der Waals surface area (Å²) in [4.78, 5) is 14.6. The SMILES string of the molecule is Cc1cc(C(=O)N[C@@H](C)c2nnnn2-c2ccccc2)c(C)s1. The lowest BCUT2D eigenvalue weighted by molar-refractivity contribution is 0.0937. The van der Waals surface area contributed by atoms with Crippen molar-refractivity contribution >= 4 is 17.2 Å². The van der Waals surface area contributed by atoms with Crippen LogP contribution < -0.4 is 5.32 Å².